The molecule has 1 saturated heterocycles. The molecule has 1 rings (SSSR count). The van der Waals surface area contributed by atoms with E-state index in [2.05, 4.69) is 0 Å². The van der Waals surface area contributed by atoms with Gasteiger partial charge in [0, 0.05) is 13.1 Å². The number of hydrogen-bond acceptors (Lipinski definition) is 3. The number of rotatable bonds is 1. The monoisotopic (exact) mass is 137 g/mol. The maximum absolute atomic E-state index is 8.26. The van der Waals surface area contributed by atoms with Crippen LogP contribution in [-0.2, 0) is 0 Å². The molecule has 0 aromatic rings. The van der Waals surface area contributed by atoms with Gasteiger partial charge in [0.25, 0.3) is 0 Å². The molecule has 0 bridgehead atoms. The van der Waals surface area contributed by atoms with E-state index in [0.29, 0.717) is 5.82 Å². The standard InChI is InChI=1S/C7H11N3/c8-4-3-7(9)10-5-1-2-6-10/h3H,1-2,5-6,9H2/b7-3-. The zero-order valence-electron chi connectivity index (χ0n) is 5.88. The summed E-state index contributed by atoms with van der Waals surface area (Å²) in [6, 6.07) is 1.92. The first-order valence-electron chi connectivity index (χ1n) is 3.45. The van der Waals surface area contributed by atoms with Crippen molar-refractivity contribution in [3.8, 4) is 6.07 Å². The van der Waals surface area contributed by atoms with Crippen LogP contribution in [-0.4, -0.2) is 18.0 Å². The van der Waals surface area contributed by atoms with E-state index in [1.54, 1.807) is 0 Å². The van der Waals surface area contributed by atoms with Gasteiger partial charge < -0.3 is 10.6 Å². The number of likely N-dealkylation sites (tertiary alicyclic amines) is 1. The van der Waals surface area contributed by atoms with E-state index in [9.17, 15) is 0 Å². The number of nitriles is 1. The Kier molecular flexibility index (Phi) is 2.16. The molecule has 0 saturated carbocycles. The third-order valence-electron chi connectivity index (χ3n) is 1.68. The first-order valence-corrected chi connectivity index (χ1v) is 3.45. The van der Waals surface area contributed by atoms with Crippen LogP contribution >= 0.6 is 0 Å². The molecule has 1 aliphatic heterocycles. The number of nitrogens with zero attached hydrogens (tertiary/aromatic N) is 2. The van der Waals surface area contributed by atoms with E-state index in [1.807, 2.05) is 11.0 Å². The van der Waals surface area contributed by atoms with Crippen molar-refractivity contribution in [1.29, 1.82) is 5.26 Å². The van der Waals surface area contributed by atoms with Gasteiger partial charge in [-0.3, -0.25) is 0 Å². The van der Waals surface area contributed by atoms with Gasteiger partial charge in [0.05, 0.1) is 12.1 Å². The van der Waals surface area contributed by atoms with E-state index in [0.717, 1.165) is 13.1 Å². The molecule has 0 aromatic carbocycles. The number of hydrogen-bond donors (Lipinski definition) is 1. The fourth-order valence-corrected chi connectivity index (χ4v) is 1.13. The van der Waals surface area contributed by atoms with Crippen LogP contribution in [0, 0.1) is 11.3 Å². The minimum atomic E-state index is 0.611. The molecular formula is C7H11N3. The van der Waals surface area contributed by atoms with Crippen LogP contribution in [0.4, 0.5) is 0 Å². The van der Waals surface area contributed by atoms with Crippen LogP contribution in [0.15, 0.2) is 11.9 Å². The summed E-state index contributed by atoms with van der Waals surface area (Å²) in [5, 5.41) is 8.26. The molecule has 0 aromatic heterocycles. The van der Waals surface area contributed by atoms with Crippen LogP contribution in [0.3, 0.4) is 0 Å². The molecule has 3 heteroatoms. The third kappa shape index (κ3) is 1.41. The summed E-state index contributed by atoms with van der Waals surface area (Å²) in [5.41, 5.74) is 5.55. The van der Waals surface area contributed by atoms with Crippen LogP contribution in [0.25, 0.3) is 0 Å². The van der Waals surface area contributed by atoms with E-state index in [1.165, 1.54) is 18.9 Å². The first-order chi connectivity index (χ1) is 4.84. The highest BCUT2D eigenvalue weighted by Gasteiger charge is 2.11. The molecule has 2 N–H and O–H groups in total. The van der Waals surface area contributed by atoms with E-state index in [4.69, 9.17) is 11.0 Å². The second-order valence-electron chi connectivity index (χ2n) is 2.39. The molecule has 0 aliphatic carbocycles. The Hall–Kier alpha value is -1.17. The summed E-state index contributed by atoms with van der Waals surface area (Å²) in [4.78, 5) is 2.03. The Morgan fingerprint density at radius 1 is 1.50 bits per heavy atom. The van der Waals surface area contributed by atoms with Crippen molar-refractivity contribution in [2.24, 2.45) is 5.73 Å². The van der Waals surface area contributed by atoms with Crippen LogP contribution in [0.2, 0.25) is 0 Å². The second-order valence-corrected chi connectivity index (χ2v) is 2.39. The lowest BCUT2D eigenvalue weighted by Crippen LogP contribution is -2.23. The molecule has 54 valence electrons. The summed E-state index contributed by atoms with van der Waals surface area (Å²) in [6.45, 7) is 2.01. The molecule has 10 heavy (non-hydrogen) atoms. The third-order valence-corrected chi connectivity index (χ3v) is 1.68. The van der Waals surface area contributed by atoms with E-state index in [-0.39, 0.29) is 0 Å². The SMILES string of the molecule is N#C/C=C(/N)N1CCCC1. The maximum atomic E-state index is 8.26. The van der Waals surface area contributed by atoms with Gasteiger partial charge in [-0.1, -0.05) is 0 Å². The van der Waals surface area contributed by atoms with Crippen LogP contribution < -0.4 is 5.73 Å². The van der Waals surface area contributed by atoms with E-state index < -0.39 is 0 Å². The number of nitrogens with two attached hydrogens (primary N) is 1. The first kappa shape index (κ1) is 6.94. The predicted molar refractivity (Wildman–Crippen MR) is 38.7 cm³/mol. The highest BCUT2D eigenvalue weighted by Crippen LogP contribution is 2.10. The molecule has 0 atom stereocenters. The Labute approximate surface area is 60.7 Å². The van der Waals surface area contributed by atoms with Gasteiger partial charge in [-0.2, -0.15) is 5.26 Å². The predicted octanol–water partition coefficient (Wildman–Crippen LogP) is 0.406. The van der Waals surface area contributed by atoms with Crippen LogP contribution in [0.1, 0.15) is 12.8 Å². The lowest BCUT2D eigenvalue weighted by molar-refractivity contribution is 0.422. The lowest BCUT2D eigenvalue weighted by atomic mass is 10.4. The smallest absolute Gasteiger partial charge is 0.109 e. The van der Waals surface area contributed by atoms with Gasteiger partial charge in [0.15, 0.2) is 0 Å². The highest BCUT2D eigenvalue weighted by atomic mass is 15.2. The number of allylic oxidation sites excluding steroid dienone is 1. The summed E-state index contributed by atoms with van der Waals surface area (Å²) >= 11 is 0. The molecule has 1 heterocycles. The van der Waals surface area contributed by atoms with Crippen molar-refractivity contribution in [2.75, 3.05) is 13.1 Å². The molecule has 0 spiro atoms. The van der Waals surface area contributed by atoms with Crippen molar-refractivity contribution in [3.63, 3.8) is 0 Å². The Balaban J connectivity index is 2.49. The quantitative estimate of drug-likeness (QED) is 0.532. The van der Waals surface area contributed by atoms with Gasteiger partial charge in [-0.05, 0) is 12.8 Å². The highest BCUT2D eigenvalue weighted by molar-refractivity contribution is 5.09. The van der Waals surface area contributed by atoms with Crippen molar-refractivity contribution < 1.29 is 0 Å². The fraction of sp³-hybridized carbons (Fsp3) is 0.571. The van der Waals surface area contributed by atoms with Gasteiger partial charge in [-0.15, -0.1) is 0 Å². The summed E-state index contributed by atoms with van der Waals surface area (Å²) in [5.74, 6) is 0.611. The Morgan fingerprint density at radius 2 is 2.10 bits per heavy atom. The van der Waals surface area contributed by atoms with Gasteiger partial charge in [0.1, 0.15) is 5.82 Å². The minimum Gasteiger partial charge on any atom is -0.385 e. The lowest BCUT2D eigenvalue weighted by Gasteiger charge is -2.15. The molecule has 1 aliphatic rings. The molecule has 3 nitrogen and oxygen atoms in total. The van der Waals surface area contributed by atoms with Gasteiger partial charge >= 0.3 is 0 Å². The van der Waals surface area contributed by atoms with Crippen molar-refractivity contribution in [3.05, 3.63) is 11.9 Å². The van der Waals surface area contributed by atoms with E-state index >= 15 is 0 Å². The summed E-state index contributed by atoms with van der Waals surface area (Å²) in [7, 11) is 0. The summed E-state index contributed by atoms with van der Waals surface area (Å²) < 4.78 is 0. The Morgan fingerprint density at radius 3 is 2.60 bits per heavy atom. The molecule has 0 unspecified atom stereocenters. The fourth-order valence-electron chi connectivity index (χ4n) is 1.13. The molecular weight excluding hydrogens is 126 g/mol. The van der Waals surface area contributed by atoms with Crippen LogP contribution in [0.5, 0.6) is 0 Å². The summed E-state index contributed by atoms with van der Waals surface area (Å²) in [6.07, 6.45) is 3.78. The zero-order chi connectivity index (χ0) is 7.40. The maximum Gasteiger partial charge on any atom is 0.109 e. The largest absolute Gasteiger partial charge is 0.385 e. The average molecular weight is 137 g/mol. The minimum absolute atomic E-state index is 0.611. The van der Waals surface area contributed by atoms with Crippen molar-refractivity contribution in [1.82, 2.24) is 4.90 Å². The van der Waals surface area contributed by atoms with Crippen molar-refractivity contribution in [2.45, 2.75) is 12.8 Å². The Bertz CT molecular complexity index is 172. The molecule has 0 amide bonds. The molecule has 0 radical (unpaired) electrons. The normalized spacial score (nSPS) is 19.1. The van der Waals surface area contributed by atoms with Gasteiger partial charge in [0.2, 0.25) is 0 Å². The van der Waals surface area contributed by atoms with Gasteiger partial charge in [-0.25, -0.2) is 0 Å². The van der Waals surface area contributed by atoms with Crippen molar-refractivity contribution >= 4 is 0 Å². The topological polar surface area (TPSA) is 53.1 Å². The average Bonchev–Trinajstić information content (AvgIpc) is 2.38. The second kappa shape index (κ2) is 3.11. The molecule has 1 fully saturated rings. The zero-order valence-corrected chi connectivity index (χ0v) is 5.88.